The van der Waals surface area contributed by atoms with Crippen molar-refractivity contribution in [3.05, 3.63) is 12.2 Å². The topological polar surface area (TPSA) is 52.6 Å². The number of fused-ring (bicyclic) bond motifs is 7. The Morgan fingerprint density at radius 2 is 1.54 bits per heavy atom. The van der Waals surface area contributed by atoms with Crippen LogP contribution in [0.5, 0.6) is 0 Å². The largest absolute Gasteiger partial charge is 0.462 e. The van der Waals surface area contributed by atoms with Crippen LogP contribution in [0.25, 0.3) is 0 Å². The summed E-state index contributed by atoms with van der Waals surface area (Å²) in [7, 11) is 0. The molecule has 0 saturated heterocycles. The van der Waals surface area contributed by atoms with Crippen LogP contribution in [0.3, 0.4) is 0 Å². The van der Waals surface area contributed by atoms with E-state index in [1.165, 1.54) is 71.6 Å². The van der Waals surface area contributed by atoms with E-state index in [2.05, 4.69) is 60.6 Å². The Labute approximate surface area is 251 Å². The van der Waals surface area contributed by atoms with Crippen LogP contribution in [-0.2, 0) is 19.1 Å². The van der Waals surface area contributed by atoms with Crippen molar-refractivity contribution in [3.8, 4) is 0 Å². The molecule has 0 radical (unpaired) electrons. The second kappa shape index (κ2) is 10.7. The molecule has 11 atom stereocenters. The normalized spacial score (nSPS) is 45.8. The molecule has 0 aromatic heterocycles. The molecule has 0 bridgehead atoms. The highest BCUT2D eigenvalue weighted by Gasteiger charge is 2.69. The molecule has 0 spiro atoms. The molecule has 5 aliphatic carbocycles. The minimum absolute atomic E-state index is 0.165. The van der Waals surface area contributed by atoms with Crippen molar-refractivity contribution in [1.29, 1.82) is 0 Å². The van der Waals surface area contributed by atoms with Crippen LogP contribution < -0.4 is 0 Å². The number of hydrogen-bond acceptors (Lipinski definition) is 4. The zero-order chi connectivity index (χ0) is 30.0. The fraction of sp³-hybridized carbons (Fsp3) is 0.892. The van der Waals surface area contributed by atoms with Crippen LogP contribution in [0.1, 0.15) is 133 Å². The first-order valence-electron chi connectivity index (χ1n) is 17.1. The van der Waals surface area contributed by atoms with Gasteiger partial charge in [0.1, 0.15) is 12.7 Å². The van der Waals surface area contributed by atoms with Crippen LogP contribution in [-0.4, -0.2) is 24.6 Å². The summed E-state index contributed by atoms with van der Waals surface area (Å²) in [6, 6.07) is 0. The van der Waals surface area contributed by atoms with E-state index in [4.69, 9.17) is 9.47 Å². The van der Waals surface area contributed by atoms with Gasteiger partial charge in [0, 0.05) is 13.8 Å². The molecule has 4 heteroatoms. The van der Waals surface area contributed by atoms with Gasteiger partial charge in [0.25, 0.3) is 0 Å². The SMILES string of the molecule is CC(=O)OCC(CCC(C)C1CCC2(C)C1CCC1(C)C2CCC2C3(C)CCCC(C)(C)C3C=CC21C)OC(C)=O. The number of hydrogen-bond donors (Lipinski definition) is 0. The minimum atomic E-state index is -0.343. The molecule has 5 rings (SSSR count). The maximum absolute atomic E-state index is 11.7. The van der Waals surface area contributed by atoms with Gasteiger partial charge < -0.3 is 9.47 Å². The van der Waals surface area contributed by atoms with Crippen molar-refractivity contribution in [3.63, 3.8) is 0 Å². The molecule has 232 valence electrons. The van der Waals surface area contributed by atoms with Crippen molar-refractivity contribution in [1.82, 2.24) is 0 Å². The molecule has 0 aliphatic heterocycles. The lowest BCUT2D eigenvalue weighted by molar-refractivity contribution is -0.198. The first-order chi connectivity index (χ1) is 19.1. The van der Waals surface area contributed by atoms with Crippen LogP contribution >= 0.6 is 0 Å². The van der Waals surface area contributed by atoms with Crippen molar-refractivity contribution >= 4 is 11.9 Å². The zero-order valence-electron chi connectivity index (χ0n) is 27.8. The Balaban J connectivity index is 1.33. The highest BCUT2D eigenvalue weighted by atomic mass is 16.6. The Morgan fingerprint density at radius 1 is 0.829 bits per heavy atom. The van der Waals surface area contributed by atoms with E-state index in [-0.39, 0.29) is 30.1 Å². The summed E-state index contributed by atoms with van der Waals surface area (Å²) >= 11 is 0. The Bertz CT molecular complexity index is 1050. The van der Waals surface area contributed by atoms with E-state index in [0.29, 0.717) is 33.5 Å². The number of carbonyl (C=O) groups is 2. The highest BCUT2D eigenvalue weighted by molar-refractivity contribution is 5.67. The molecule has 11 unspecified atom stereocenters. The molecule has 4 saturated carbocycles. The third-order valence-electron chi connectivity index (χ3n) is 14.6. The number of esters is 2. The van der Waals surface area contributed by atoms with Gasteiger partial charge in [0.2, 0.25) is 0 Å². The average molecular weight is 569 g/mol. The molecule has 0 heterocycles. The number of ether oxygens (including phenoxy) is 2. The predicted molar refractivity (Wildman–Crippen MR) is 165 cm³/mol. The zero-order valence-corrected chi connectivity index (χ0v) is 27.8. The van der Waals surface area contributed by atoms with E-state index in [9.17, 15) is 9.59 Å². The first-order valence-corrected chi connectivity index (χ1v) is 17.1. The van der Waals surface area contributed by atoms with Crippen molar-refractivity contribution in [2.75, 3.05) is 6.61 Å². The van der Waals surface area contributed by atoms with Gasteiger partial charge in [0.15, 0.2) is 0 Å². The summed E-state index contributed by atoms with van der Waals surface area (Å²) in [5, 5.41) is 0. The minimum Gasteiger partial charge on any atom is -0.462 e. The molecule has 41 heavy (non-hydrogen) atoms. The Kier molecular flexibility index (Phi) is 8.11. The lowest BCUT2D eigenvalue weighted by Crippen LogP contribution is -2.64. The molecule has 0 N–H and O–H groups in total. The summed E-state index contributed by atoms with van der Waals surface area (Å²) < 4.78 is 10.7. The first kappa shape index (κ1) is 31.1. The fourth-order valence-electron chi connectivity index (χ4n) is 12.6. The summed E-state index contributed by atoms with van der Waals surface area (Å²) in [6.45, 7) is 21.3. The van der Waals surface area contributed by atoms with Crippen LogP contribution in [0, 0.1) is 62.6 Å². The van der Waals surface area contributed by atoms with Gasteiger partial charge in [-0.3, -0.25) is 9.59 Å². The molecule has 4 fully saturated rings. The molecular formula is C37H60O4. The lowest BCUT2D eigenvalue weighted by atomic mass is 9.33. The van der Waals surface area contributed by atoms with Gasteiger partial charge in [-0.1, -0.05) is 67.0 Å². The average Bonchev–Trinajstić information content (AvgIpc) is 3.22. The molecule has 0 amide bonds. The third kappa shape index (κ3) is 4.94. The monoisotopic (exact) mass is 568 g/mol. The van der Waals surface area contributed by atoms with Crippen molar-refractivity contribution in [2.45, 2.75) is 139 Å². The lowest BCUT2D eigenvalue weighted by Gasteiger charge is -2.71. The highest BCUT2D eigenvalue weighted by Crippen LogP contribution is 2.76. The maximum atomic E-state index is 11.7. The molecule has 4 nitrogen and oxygen atoms in total. The molecule has 5 aliphatic rings. The number of carbonyl (C=O) groups excluding carboxylic acids is 2. The summed E-state index contributed by atoms with van der Waals surface area (Å²) in [5.74, 6) is 3.75. The van der Waals surface area contributed by atoms with E-state index < -0.39 is 0 Å². The van der Waals surface area contributed by atoms with Crippen LogP contribution in [0.4, 0.5) is 0 Å². The van der Waals surface area contributed by atoms with Gasteiger partial charge >= 0.3 is 11.9 Å². The van der Waals surface area contributed by atoms with Crippen LogP contribution in [0.2, 0.25) is 0 Å². The second-order valence-corrected chi connectivity index (χ2v) is 17.0. The van der Waals surface area contributed by atoms with E-state index in [1.54, 1.807) is 0 Å². The molecule has 0 aromatic carbocycles. The second-order valence-electron chi connectivity index (χ2n) is 17.0. The summed E-state index contributed by atoms with van der Waals surface area (Å²) in [5.41, 5.74) is 1.88. The quantitative estimate of drug-likeness (QED) is 0.227. The van der Waals surface area contributed by atoms with Crippen LogP contribution in [0.15, 0.2) is 12.2 Å². The maximum Gasteiger partial charge on any atom is 0.303 e. The van der Waals surface area contributed by atoms with E-state index in [1.807, 2.05) is 0 Å². The molecular weight excluding hydrogens is 508 g/mol. The predicted octanol–water partition coefficient (Wildman–Crippen LogP) is 9.17. The number of allylic oxidation sites excluding steroid dienone is 2. The van der Waals surface area contributed by atoms with Crippen molar-refractivity contribution < 1.29 is 19.1 Å². The van der Waals surface area contributed by atoms with Gasteiger partial charge in [0.05, 0.1) is 0 Å². The van der Waals surface area contributed by atoms with Crippen molar-refractivity contribution in [2.24, 2.45) is 62.6 Å². The summed E-state index contributed by atoms with van der Waals surface area (Å²) in [4.78, 5) is 23.1. The van der Waals surface area contributed by atoms with Gasteiger partial charge in [-0.25, -0.2) is 0 Å². The Morgan fingerprint density at radius 3 is 2.22 bits per heavy atom. The van der Waals surface area contributed by atoms with Gasteiger partial charge in [-0.2, -0.15) is 0 Å². The van der Waals surface area contributed by atoms with Gasteiger partial charge in [-0.15, -0.1) is 0 Å². The van der Waals surface area contributed by atoms with E-state index >= 15 is 0 Å². The Hall–Kier alpha value is -1.32. The van der Waals surface area contributed by atoms with E-state index in [0.717, 1.165) is 36.5 Å². The van der Waals surface area contributed by atoms with Gasteiger partial charge in [-0.05, 0) is 127 Å². The number of rotatable bonds is 7. The fourth-order valence-corrected chi connectivity index (χ4v) is 12.6. The standard InChI is InChI=1S/C37H60O4/c1-24(11-12-27(41-26(3)39)23-40-25(2)38)28-15-20-34(6)29(28)16-21-36(8)31(34)13-14-32-35(7)19-10-18-33(4,5)30(35)17-22-37(32,36)9/h17,22,24,27-32H,10-16,18-21,23H2,1-9H3. The molecule has 0 aromatic rings. The summed E-state index contributed by atoms with van der Waals surface area (Å²) in [6.07, 6.45) is 19.2. The third-order valence-corrected chi connectivity index (χ3v) is 14.6. The smallest absolute Gasteiger partial charge is 0.303 e.